The molecule has 2 aromatic rings. The van der Waals surface area contributed by atoms with Crippen molar-refractivity contribution in [2.75, 3.05) is 0 Å². The smallest absolute Gasteiger partial charge is 0.0477 e. The van der Waals surface area contributed by atoms with Gasteiger partial charge < -0.3 is 4.57 Å². The molecule has 0 saturated carbocycles. The van der Waals surface area contributed by atoms with E-state index in [2.05, 4.69) is 62.0 Å². The van der Waals surface area contributed by atoms with Crippen LogP contribution < -0.4 is 0 Å². The van der Waals surface area contributed by atoms with Crippen LogP contribution in [-0.4, -0.2) is 4.57 Å². The van der Waals surface area contributed by atoms with E-state index in [-0.39, 0.29) is 0 Å². The summed E-state index contributed by atoms with van der Waals surface area (Å²) in [6, 6.07) is 10.8. The summed E-state index contributed by atoms with van der Waals surface area (Å²) in [5.74, 6) is 0. The maximum atomic E-state index is 2.24. The lowest BCUT2D eigenvalue weighted by molar-refractivity contribution is 0.937. The summed E-state index contributed by atoms with van der Waals surface area (Å²) in [5.41, 5.74) is 5.26. The third-order valence-electron chi connectivity index (χ3n) is 2.75. The van der Waals surface area contributed by atoms with Crippen LogP contribution in [0.5, 0.6) is 0 Å². The SMILES string of the molecule is Cc1ccc(-c2cccn2C)cc1C. The van der Waals surface area contributed by atoms with Gasteiger partial charge in [0, 0.05) is 18.9 Å². The molecule has 14 heavy (non-hydrogen) atoms. The molecule has 1 aromatic heterocycles. The van der Waals surface area contributed by atoms with E-state index in [0.717, 1.165) is 0 Å². The molecule has 0 spiro atoms. The van der Waals surface area contributed by atoms with Crippen LogP contribution in [-0.2, 0) is 7.05 Å². The summed E-state index contributed by atoms with van der Waals surface area (Å²) in [5, 5.41) is 0. The van der Waals surface area contributed by atoms with Crippen LogP contribution in [0.4, 0.5) is 0 Å². The Kier molecular flexibility index (Phi) is 2.16. The molecule has 0 fully saturated rings. The number of rotatable bonds is 1. The second-order valence-corrected chi connectivity index (χ2v) is 3.80. The average Bonchev–Trinajstić information content (AvgIpc) is 2.57. The summed E-state index contributed by atoms with van der Waals surface area (Å²) < 4.78 is 2.14. The normalized spacial score (nSPS) is 10.5. The number of hydrogen-bond donors (Lipinski definition) is 0. The Bertz CT molecular complexity index is 452. The van der Waals surface area contributed by atoms with Crippen molar-refractivity contribution in [1.82, 2.24) is 4.57 Å². The molecule has 0 radical (unpaired) electrons. The van der Waals surface area contributed by atoms with Gasteiger partial charge in [0.25, 0.3) is 0 Å². The molecule has 2 rings (SSSR count). The molecule has 0 atom stereocenters. The minimum Gasteiger partial charge on any atom is -0.351 e. The molecule has 0 unspecified atom stereocenters. The summed E-state index contributed by atoms with van der Waals surface area (Å²) in [4.78, 5) is 0. The number of nitrogens with zero attached hydrogens (tertiary/aromatic N) is 1. The van der Waals surface area contributed by atoms with E-state index in [1.54, 1.807) is 0 Å². The van der Waals surface area contributed by atoms with Crippen molar-refractivity contribution in [3.63, 3.8) is 0 Å². The first kappa shape index (κ1) is 9.07. The minimum absolute atomic E-state index is 1.27. The van der Waals surface area contributed by atoms with E-state index in [4.69, 9.17) is 0 Å². The summed E-state index contributed by atoms with van der Waals surface area (Å²) in [6.07, 6.45) is 2.07. The monoisotopic (exact) mass is 185 g/mol. The van der Waals surface area contributed by atoms with Gasteiger partial charge in [0.05, 0.1) is 0 Å². The van der Waals surface area contributed by atoms with Crippen LogP contribution in [0.3, 0.4) is 0 Å². The fraction of sp³-hybridized carbons (Fsp3) is 0.231. The van der Waals surface area contributed by atoms with Gasteiger partial charge in [-0.05, 0) is 48.7 Å². The molecule has 1 heterocycles. The highest BCUT2D eigenvalue weighted by atomic mass is 14.9. The van der Waals surface area contributed by atoms with Gasteiger partial charge in [-0.1, -0.05) is 12.1 Å². The Morgan fingerprint density at radius 2 is 1.79 bits per heavy atom. The molecule has 1 aromatic carbocycles. The molecule has 1 nitrogen and oxygen atoms in total. The second kappa shape index (κ2) is 3.33. The van der Waals surface area contributed by atoms with Gasteiger partial charge in [0.2, 0.25) is 0 Å². The molecule has 0 bridgehead atoms. The van der Waals surface area contributed by atoms with Gasteiger partial charge in [-0.3, -0.25) is 0 Å². The lowest BCUT2D eigenvalue weighted by Crippen LogP contribution is -1.90. The van der Waals surface area contributed by atoms with Crippen LogP contribution in [0.25, 0.3) is 11.3 Å². The highest BCUT2D eigenvalue weighted by Crippen LogP contribution is 2.21. The van der Waals surface area contributed by atoms with Crippen molar-refractivity contribution < 1.29 is 0 Å². The van der Waals surface area contributed by atoms with E-state index < -0.39 is 0 Å². The maximum Gasteiger partial charge on any atom is 0.0477 e. The van der Waals surface area contributed by atoms with Crippen LogP contribution >= 0.6 is 0 Å². The standard InChI is InChI=1S/C13H15N/c1-10-6-7-12(9-11(10)2)13-5-4-8-14(13)3/h4-9H,1-3H3. The van der Waals surface area contributed by atoms with Crippen molar-refractivity contribution in [2.45, 2.75) is 13.8 Å². The number of benzene rings is 1. The second-order valence-electron chi connectivity index (χ2n) is 3.80. The molecule has 0 aliphatic carbocycles. The zero-order chi connectivity index (χ0) is 10.1. The molecule has 0 aliphatic rings. The fourth-order valence-corrected chi connectivity index (χ4v) is 1.66. The fourth-order valence-electron chi connectivity index (χ4n) is 1.66. The largest absolute Gasteiger partial charge is 0.351 e. The first-order valence-corrected chi connectivity index (χ1v) is 4.87. The highest BCUT2D eigenvalue weighted by molar-refractivity contribution is 5.61. The van der Waals surface area contributed by atoms with Crippen LogP contribution in [0.15, 0.2) is 36.5 Å². The van der Waals surface area contributed by atoms with Crippen molar-refractivity contribution in [2.24, 2.45) is 7.05 Å². The van der Waals surface area contributed by atoms with E-state index in [0.29, 0.717) is 0 Å². The quantitative estimate of drug-likeness (QED) is 0.642. The van der Waals surface area contributed by atoms with Gasteiger partial charge in [0.15, 0.2) is 0 Å². The Balaban J connectivity index is 2.53. The average molecular weight is 185 g/mol. The lowest BCUT2D eigenvalue weighted by atomic mass is 10.0. The van der Waals surface area contributed by atoms with Crippen LogP contribution in [0, 0.1) is 13.8 Å². The molecular weight excluding hydrogens is 170 g/mol. The summed E-state index contributed by atoms with van der Waals surface area (Å²) in [6.45, 7) is 4.30. The maximum absolute atomic E-state index is 2.24. The number of aryl methyl sites for hydroxylation is 3. The van der Waals surface area contributed by atoms with Gasteiger partial charge >= 0.3 is 0 Å². The third kappa shape index (κ3) is 1.46. The van der Waals surface area contributed by atoms with Crippen molar-refractivity contribution in [3.8, 4) is 11.3 Å². The molecule has 0 N–H and O–H groups in total. The summed E-state index contributed by atoms with van der Waals surface area (Å²) >= 11 is 0. The topological polar surface area (TPSA) is 4.93 Å². The summed E-state index contributed by atoms with van der Waals surface area (Å²) in [7, 11) is 2.07. The minimum atomic E-state index is 1.27. The Morgan fingerprint density at radius 3 is 2.36 bits per heavy atom. The number of hydrogen-bond acceptors (Lipinski definition) is 0. The van der Waals surface area contributed by atoms with Crippen molar-refractivity contribution in [3.05, 3.63) is 47.7 Å². The van der Waals surface area contributed by atoms with E-state index in [1.807, 2.05) is 0 Å². The van der Waals surface area contributed by atoms with Crippen molar-refractivity contribution in [1.29, 1.82) is 0 Å². The lowest BCUT2D eigenvalue weighted by Gasteiger charge is -2.06. The zero-order valence-corrected chi connectivity index (χ0v) is 8.91. The first-order chi connectivity index (χ1) is 6.68. The zero-order valence-electron chi connectivity index (χ0n) is 8.91. The highest BCUT2D eigenvalue weighted by Gasteiger charge is 2.01. The van der Waals surface area contributed by atoms with Gasteiger partial charge in [0.1, 0.15) is 0 Å². The molecule has 1 heteroatoms. The predicted octanol–water partition coefficient (Wildman–Crippen LogP) is 3.31. The molecule has 0 amide bonds. The first-order valence-electron chi connectivity index (χ1n) is 4.87. The van der Waals surface area contributed by atoms with Crippen LogP contribution in [0.2, 0.25) is 0 Å². The van der Waals surface area contributed by atoms with Gasteiger partial charge in [-0.25, -0.2) is 0 Å². The third-order valence-corrected chi connectivity index (χ3v) is 2.75. The van der Waals surface area contributed by atoms with Gasteiger partial charge in [-0.15, -0.1) is 0 Å². The molecular formula is C13H15N. The molecule has 0 aliphatic heterocycles. The Hall–Kier alpha value is -1.50. The number of aromatic nitrogens is 1. The predicted molar refractivity (Wildman–Crippen MR) is 60.3 cm³/mol. The molecule has 0 saturated heterocycles. The van der Waals surface area contributed by atoms with E-state index in [1.165, 1.54) is 22.4 Å². The van der Waals surface area contributed by atoms with Crippen molar-refractivity contribution >= 4 is 0 Å². The Labute approximate surface area is 85.0 Å². The van der Waals surface area contributed by atoms with E-state index >= 15 is 0 Å². The van der Waals surface area contributed by atoms with Gasteiger partial charge in [-0.2, -0.15) is 0 Å². The molecule has 72 valence electrons. The van der Waals surface area contributed by atoms with E-state index in [9.17, 15) is 0 Å². The Morgan fingerprint density at radius 1 is 1.00 bits per heavy atom. The van der Waals surface area contributed by atoms with Crippen LogP contribution in [0.1, 0.15) is 11.1 Å².